The molecule has 4 rings (SSSR count). The van der Waals surface area contributed by atoms with Crippen molar-refractivity contribution in [2.75, 3.05) is 11.4 Å². The molecular weight excluding hydrogens is 541 g/mol. The molecule has 40 heavy (non-hydrogen) atoms. The number of carbonyl (C=O) groups is 1. The summed E-state index contributed by atoms with van der Waals surface area (Å²) in [5, 5.41) is 7.31. The number of nitrogens with two attached hydrogens (primary N) is 1. The van der Waals surface area contributed by atoms with Crippen molar-refractivity contribution in [3.8, 4) is 22.8 Å². The van der Waals surface area contributed by atoms with E-state index in [0.29, 0.717) is 30.2 Å². The second kappa shape index (κ2) is 12.2. The number of benzene rings is 3. The van der Waals surface area contributed by atoms with E-state index in [1.54, 1.807) is 0 Å². The average molecular weight is 569 g/mol. The first kappa shape index (κ1) is 28.6. The Bertz CT molecular complexity index is 1500. The van der Waals surface area contributed by atoms with Crippen molar-refractivity contribution in [2.24, 2.45) is 5.73 Å². The first-order chi connectivity index (χ1) is 19.1. The van der Waals surface area contributed by atoms with Gasteiger partial charge in [-0.2, -0.15) is 0 Å². The second-order valence-corrected chi connectivity index (χ2v) is 9.25. The van der Waals surface area contributed by atoms with E-state index in [1.807, 2.05) is 56.3 Å². The van der Waals surface area contributed by atoms with Crippen LogP contribution in [-0.2, 0) is 12.8 Å². The molecule has 12 heteroatoms. The normalized spacial score (nSPS) is 11.2. The third-order valence-corrected chi connectivity index (χ3v) is 6.32. The molecule has 1 heterocycles. The Kier molecular flexibility index (Phi) is 8.68. The van der Waals surface area contributed by atoms with Gasteiger partial charge in [-0.05, 0) is 85.1 Å². The lowest BCUT2D eigenvalue weighted by atomic mass is 10.0. The number of amides is 2. The zero-order valence-corrected chi connectivity index (χ0v) is 22.6. The van der Waals surface area contributed by atoms with E-state index in [-0.39, 0.29) is 10.9 Å². The molecule has 0 saturated heterocycles. The number of nitrogens with zero attached hydrogens (tertiary/aromatic N) is 4. The molecule has 3 N–H and O–H groups in total. The summed E-state index contributed by atoms with van der Waals surface area (Å²) < 4.78 is 42.5. The van der Waals surface area contributed by atoms with Gasteiger partial charge in [-0.25, -0.2) is 19.4 Å². The average Bonchev–Trinajstić information content (AvgIpc) is 3.40. The van der Waals surface area contributed by atoms with E-state index in [2.05, 4.69) is 20.1 Å². The van der Waals surface area contributed by atoms with Crippen molar-refractivity contribution in [3.05, 3.63) is 89.7 Å². The third kappa shape index (κ3) is 6.94. The topological polar surface area (TPSA) is 98.3 Å². The van der Waals surface area contributed by atoms with Crippen LogP contribution in [0.3, 0.4) is 0 Å². The maximum absolute atomic E-state index is 12.9. The number of hydrogen-bond donors (Lipinski definition) is 2. The predicted molar refractivity (Wildman–Crippen MR) is 150 cm³/mol. The van der Waals surface area contributed by atoms with E-state index < -0.39 is 12.4 Å². The summed E-state index contributed by atoms with van der Waals surface area (Å²) in [5.74, 6) is 0.142. The van der Waals surface area contributed by atoms with E-state index in [4.69, 9.17) is 18.0 Å². The Hall–Kier alpha value is -4.45. The number of nitrogens with one attached hydrogen (secondary N) is 1. The van der Waals surface area contributed by atoms with Crippen molar-refractivity contribution in [3.63, 3.8) is 0 Å². The number of thiocarbonyl (C=S) groups is 1. The Morgan fingerprint density at radius 3 is 2.48 bits per heavy atom. The SMILES string of the molecule is CCc1ccccc1N(C(=O)NCCc1ccc(-c2ncn(-c3ccc(OC(F)(F)F)cc3)n2)cc1C)C(N)=S. The highest BCUT2D eigenvalue weighted by Crippen LogP contribution is 2.25. The Morgan fingerprint density at radius 2 is 1.82 bits per heavy atom. The van der Waals surface area contributed by atoms with E-state index in [0.717, 1.165) is 28.7 Å². The van der Waals surface area contributed by atoms with Crippen LogP contribution in [0.5, 0.6) is 5.75 Å². The van der Waals surface area contributed by atoms with Gasteiger partial charge in [-0.3, -0.25) is 0 Å². The highest BCUT2D eigenvalue weighted by atomic mass is 32.1. The molecule has 4 aromatic rings. The molecule has 0 spiro atoms. The first-order valence-corrected chi connectivity index (χ1v) is 12.8. The van der Waals surface area contributed by atoms with Gasteiger partial charge < -0.3 is 15.8 Å². The maximum Gasteiger partial charge on any atom is 0.573 e. The highest BCUT2D eigenvalue weighted by Gasteiger charge is 2.31. The van der Waals surface area contributed by atoms with Gasteiger partial charge in [-0.15, -0.1) is 18.3 Å². The molecule has 1 aromatic heterocycles. The lowest BCUT2D eigenvalue weighted by Gasteiger charge is -2.23. The smallest absolute Gasteiger partial charge is 0.406 e. The van der Waals surface area contributed by atoms with Crippen LogP contribution in [0.1, 0.15) is 23.6 Å². The molecule has 3 aromatic carbocycles. The van der Waals surface area contributed by atoms with Gasteiger partial charge in [0.1, 0.15) is 12.1 Å². The molecular formula is C28H27F3N6O2S. The van der Waals surface area contributed by atoms with Crippen molar-refractivity contribution in [1.29, 1.82) is 0 Å². The van der Waals surface area contributed by atoms with Crippen LogP contribution >= 0.6 is 12.2 Å². The van der Waals surface area contributed by atoms with Gasteiger partial charge in [0, 0.05) is 12.1 Å². The minimum Gasteiger partial charge on any atom is -0.406 e. The zero-order valence-electron chi connectivity index (χ0n) is 21.8. The number of hydrogen-bond acceptors (Lipinski definition) is 5. The zero-order chi connectivity index (χ0) is 28.9. The molecule has 0 aliphatic carbocycles. The van der Waals surface area contributed by atoms with Crippen molar-refractivity contribution in [2.45, 2.75) is 33.1 Å². The molecule has 0 saturated carbocycles. The lowest BCUT2D eigenvalue weighted by molar-refractivity contribution is -0.274. The van der Waals surface area contributed by atoms with Crippen LogP contribution in [0, 0.1) is 6.92 Å². The number of aryl methyl sites for hydroxylation is 2. The summed E-state index contributed by atoms with van der Waals surface area (Å²) >= 11 is 5.15. The van der Waals surface area contributed by atoms with Crippen molar-refractivity contribution >= 4 is 29.0 Å². The number of urea groups is 1. The summed E-state index contributed by atoms with van der Waals surface area (Å²) in [6.07, 6.45) is -1.97. The number of ether oxygens (including phenoxy) is 1. The molecule has 208 valence electrons. The van der Waals surface area contributed by atoms with E-state index in [1.165, 1.54) is 40.2 Å². The summed E-state index contributed by atoms with van der Waals surface area (Å²) in [6, 6.07) is 18.2. The van der Waals surface area contributed by atoms with Gasteiger partial charge in [-0.1, -0.05) is 37.3 Å². The second-order valence-electron chi connectivity index (χ2n) is 8.83. The largest absolute Gasteiger partial charge is 0.573 e. The van der Waals surface area contributed by atoms with Gasteiger partial charge in [0.2, 0.25) is 0 Å². The molecule has 8 nitrogen and oxygen atoms in total. The predicted octanol–water partition coefficient (Wildman–Crippen LogP) is 5.71. The molecule has 0 radical (unpaired) electrons. The van der Waals surface area contributed by atoms with Gasteiger partial charge in [0.05, 0.1) is 11.4 Å². The fourth-order valence-corrected chi connectivity index (χ4v) is 4.36. The van der Waals surface area contributed by atoms with Crippen molar-refractivity contribution in [1.82, 2.24) is 20.1 Å². The van der Waals surface area contributed by atoms with Gasteiger partial charge in [0.15, 0.2) is 10.9 Å². The van der Waals surface area contributed by atoms with Crippen LogP contribution < -0.4 is 20.7 Å². The quantitative estimate of drug-likeness (QED) is 0.265. The summed E-state index contributed by atoms with van der Waals surface area (Å²) in [7, 11) is 0. The molecule has 0 atom stereocenters. The number of anilines is 1. The number of carbonyl (C=O) groups excluding carboxylic acids is 1. The fraction of sp³-hybridized carbons (Fsp3) is 0.214. The fourth-order valence-electron chi connectivity index (χ4n) is 4.18. The molecule has 0 aliphatic rings. The first-order valence-electron chi connectivity index (χ1n) is 12.4. The number of rotatable bonds is 8. The lowest BCUT2D eigenvalue weighted by Crippen LogP contribution is -2.47. The van der Waals surface area contributed by atoms with E-state index >= 15 is 0 Å². The number of alkyl halides is 3. The Morgan fingerprint density at radius 1 is 1.10 bits per heavy atom. The molecule has 0 bridgehead atoms. The molecule has 0 unspecified atom stereocenters. The minimum absolute atomic E-state index is 0.0311. The summed E-state index contributed by atoms with van der Waals surface area (Å²) in [5.41, 5.74) is 10.8. The number of halogens is 3. The maximum atomic E-state index is 12.9. The van der Waals surface area contributed by atoms with Crippen LogP contribution in [0.15, 0.2) is 73.1 Å². The molecule has 0 fully saturated rings. The standard InChI is InChI=1S/C28H27F3N6O2S/c1-3-19-6-4-5-7-24(19)37(26(32)40)27(38)33-15-14-20-8-9-21(16-18(20)2)25-34-17-36(35-25)22-10-12-23(13-11-22)39-28(29,30)31/h4-13,16-17H,3,14-15H2,1-2H3,(H2,32,40)(H,33,38). The van der Waals surface area contributed by atoms with Crippen molar-refractivity contribution < 1.29 is 22.7 Å². The molecule has 0 aliphatic heterocycles. The molecule has 2 amide bonds. The minimum atomic E-state index is -4.75. The monoisotopic (exact) mass is 568 g/mol. The van der Waals surface area contributed by atoms with Crippen LogP contribution in [0.25, 0.3) is 17.1 Å². The van der Waals surface area contributed by atoms with E-state index in [9.17, 15) is 18.0 Å². The summed E-state index contributed by atoms with van der Waals surface area (Å²) in [4.78, 5) is 18.6. The third-order valence-electron chi connectivity index (χ3n) is 6.13. The van der Waals surface area contributed by atoms with Crippen LogP contribution in [0.4, 0.5) is 23.7 Å². The van der Waals surface area contributed by atoms with Gasteiger partial charge >= 0.3 is 12.4 Å². The van der Waals surface area contributed by atoms with Crippen LogP contribution in [-0.4, -0.2) is 38.8 Å². The van der Waals surface area contributed by atoms with Gasteiger partial charge in [0.25, 0.3) is 0 Å². The Balaban J connectivity index is 1.39. The number of aromatic nitrogens is 3. The Labute approximate surface area is 234 Å². The summed E-state index contributed by atoms with van der Waals surface area (Å²) in [6.45, 7) is 4.32. The number of para-hydroxylation sites is 1. The van der Waals surface area contributed by atoms with Crippen LogP contribution in [0.2, 0.25) is 0 Å². The highest BCUT2D eigenvalue weighted by molar-refractivity contribution is 7.80.